The Kier molecular flexibility index (Phi) is 6.87. The smallest absolute Gasteiger partial charge is 0.304 e. The van der Waals surface area contributed by atoms with Gasteiger partial charge in [-0.15, -0.1) is 0 Å². The van der Waals surface area contributed by atoms with E-state index in [1.165, 1.54) is 0 Å². The summed E-state index contributed by atoms with van der Waals surface area (Å²) in [5.41, 5.74) is 6.84. The van der Waals surface area contributed by atoms with Crippen molar-refractivity contribution in [3.8, 4) is 5.88 Å². The number of hydrogen-bond acceptors (Lipinski definition) is 6. The van der Waals surface area contributed by atoms with Crippen molar-refractivity contribution in [2.75, 3.05) is 56.9 Å². The number of aromatic nitrogens is 1. The minimum Gasteiger partial charge on any atom is -0.435 e. The van der Waals surface area contributed by atoms with Gasteiger partial charge in [0.25, 0.3) is 6.36 Å². The molecule has 0 spiro atoms. The van der Waals surface area contributed by atoms with Gasteiger partial charge in [-0.2, -0.15) is 9.37 Å². The topological polar surface area (TPSA) is 57.9 Å². The van der Waals surface area contributed by atoms with Gasteiger partial charge in [0.15, 0.2) is 0 Å². The number of anilines is 2. The van der Waals surface area contributed by atoms with Gasteiger partial charge >= 0.3 is 6.43 Å². The maximum Gasteiger partial charge on any atom is 0.304 e. The van der Waals surface area contributed by atoms with Crippen LogP contribution in [0.2, 0.25) is 0 Å². The highest BCUT2D eigenvalue weighted by Crippen LogP contribution is 2.32. The van der Waals surface area contributed by atoms with Gasteiger partial charge in [-0.1, -0.05) is 6.92 Å². The lowest BCUT2D eigenvalue weighted by Crippen LogP contribution is -2.52. The lowest BCUT2D eigenvalue weighted by Gasteiger charge is -2.42. The molecular formula is C19H30F3N5O. The third-order valence-corrected chi connectivity index (χ3v) is 5.69. The maximum absolute atomic E-state index is 13.3. The van der Waals surface area contributed by atoms with Crippen molar-refractivity contribution in [2.24, 2.45) is 0 Å². The van der Waals surface area contributed by atoms with E-state index in [-0.39, 0.29) is 11.6 Å². The van der Waals surface area contributed by atoms with Gasteiger partial charge in [-0.05, 0) is 37.9 Å². The van der Waals surface area contributed by atoms with E-state index < -0.39 is 12.8 Å². The van der Waals surface area contributed by atoms with Gasteiger partial charge in [0, 0.05) is 45.3 Å². The highest BCUT2D eigenvalue weighted by atomic mass is 19.3. The van der Waals surface area contributed by atoms with Gasteiger partial charge in [0.1, 0.15) is 5.82 Å². The van der Waals surface area contributed by atoms with Crippen LogP contribution in [0.4, 0.5) is 24.7 Å². The SMILES string of the molecule is CCc1cc(N)c(OC(F)C(F)F)nc1N1CCC(N2CCN(C)CC2)CC1. The average molecular weight is 401 g/mol. The molecular weight excluding hydrogens is 371 g/mol. The molecule has 28 heavy (non-hydrogen) atoms. The van der Waals surface area contributed by atoms with Crippen molar-refractivity contribution in [1.29, 1.82) is 0 Å². The molecule has 0 radical (unpaired) electrons. The van der Waals surface area contributed by atoms with E-state index in [2.05, 4.69) is 31.5 Å². The Morgan fingerprint density at radius 2 is 1.79 bits per heavy atom. The van der Waals surface area contributed by atoms with Crippen LogP contribution < -0.4 is 15.4 Å². The third-order valence-electron chi connectivity index (χ3n) is 5.69. The van der Waals surface area contributed by atoms with Crippen molar-refractivity contribution < 1.29 is 17.9 Å². The van der Waals surface area contributed by atoms with Gasteiger partial charge in [-0.3, -0.25) is 4.90 Å². The predicted molar refractivity (Wildman–Crippen MR) is 104 cm³/mol. The summed E-state index contributed by atoms with van der Waals surface area (Å²) in [6, 6.07) is 2.20. The Balaban J connectivity index is 1.69. The van der Waals surface area contributed by atoms with Crippen LogP contribution in [0, 0.1) is 0 Å². The van der Waals surface area contributed by atoms with Crippen molar-refractivity contribution in [3.63, 3.8) is 0 Å². The highest BCUT2D eigenvalue weighted by molar-refractivity contribution is 5.60. The standard InChI is InChI=1S/C19H30F3N5O/c1-3-13-12-15(23)19(28-17(22)16(20)21)24-18(13)27-6-4-14(5-7-27)26-10-8-25(2)9-11-26/h12,14,16-17H,3-11,23H2,1-2H3. The van der Waals surface area contributed by atoms with Crippen LogP contribution in [-0.4, -0.2) is 79.9 Å². The first-order valence-corrected chi connectivity index (χ1v) is 9.94. The van der Waals surface area contributed by atoms with E-state index in [1.807, 2.05) is 6.92 Å². The molecule has 1 aromatic heterocycles. The zero-order chi connectivity index (χ0) is 20.3. The van der Waals surface area contributed by atoms with Crippen LogP contribution in [-0.2, 0) is 6.42 Å². The number of piperazine rings is 1. The molecule has 1 atom stereocenters. The first kappa shape index (κ1) is 21.0. The van der Waals surface area contributed by atoms with Crippen molar-refractivity contribution in [3.05, 3.63) is 11.6 Å². The lowest BCUT2D eigenvalue weighted by atomic mass is 10.0. The number of nitrogens with two attached hydrogens (primary N) is 1. The van der Waals surface area contributed by atoms with E-state index in [1.54, 1.807) is 6.07 Å². The minimum atomic E-state index is -3.24. The number of ether oxygens (including phenoxy) is 1. The van der Waals surface area contributed by atoms with E-state index in [9.17, 15) is 13.2 Å². The van der Waals surface area contributed by atoms with Crippen LogP contribution >= 0.6 is 0 Å². The molecule has 0 aliphatic carbocycles. The third kappa shape index (κ3) is 4.81. The number of likely N-dealkylation sites (N-methyl/N-ethyl adjacent to an activating group) is 1. The summed E-state index contributed by atoms with van der Waals surface area (Å²) in [5, 5.41) is 0. The fourth-order valence-electron chi connectivity index (χ4n) is 3.96. The van der Waals surface area contributed by atoms with Gasteiger partial charge in [0.2, 0.25) is 5.88 Å². The summed E-state index contributed by atoms with van der Waals surface area (Å²) in [5.74, 6) is 0.395. The Morgan fingerprint density at radius 1 is 1.14 bits per heavy atom. The number of piperidine rings is 1. The Hall–Kier alpha value is -1.74. The first-order valence-electron chi connectivity index (χ1n) is 9.94. The van der Waals surface area contributed by atoms with Crippen LogP contribution in [0.5, 0.6) is 5.88 Å². The summed E-state index contributed by atoms with van der Waals surface area (Å²) >= 11 is 0. The van der Waals surface area contributed by atoms with Crippen molar-refractivity contribution in [1.82, 2.24) is 14.8 Å². The molecule has 2 fully saturated rings. The molecule has 6 nitrogen and oxygen atoms in total. The first-order chi connectivity index (χ1) is 13.4. The van der Waals surface area contributed by atoms with Crippen LogP contribution in [0.25, 0.3) is 0 Å². The molecule has 0 aromatic carbocycles. The number of halogens is 3. The molecule has 1 unspecified atom stereocenters. The Labute approximate surface area is 164 Å². The second-order valence-electron chi connectivity index (χ2n) is 7.58. The molecule has 9 heteroatoms. The summed E-state index contributed by atoms with van der Waals surface area (Å²) in [7, 11) is 2.15. The van der Waals surface area contributed by atoms with E-state index in [0.717, 1.165) is 57.7 Å². The number of alkyl halides is 3. The Bertz CT molecular complexity index is 647. The Morgan fingerprint density at radius 3 is 2.36 bits per heavy atom. The molecule has 0 saturated carbocycles. The second kappa shape index (κ2) is 9.17. The predicted octanol–water partition coefficient (Wildman–Crippen LogP) is 2.38. The number of pyridine rings is 1. The second-order valence-corrected chi connectivity index (χ2v) is 7.58. The quantitative estimate of drug-likeness (QED) is 0.790. The molecule has 3 heterocycles. The molecule has 2 aliphatic rings. The largest absolute Gasteiger partial charge is 0.435 e. The van der Waals surface area contributed by atoms with Gasteiger partial charge in [0.05, 0.1) is 5.69 Å². The number of rotatable bonds is 6. The molecule has 0 bridgehead atoms. The zero-order valence-electron chi connectivity index (χ0n) is 16.6. The normalized spacial score (nSPS) is 21.3. The molecule has 2 aliphatic heterocycles. The zero-order valence-corrected chi connectivity index (χ0v) is 16.6. The monoisotopic (exact) mass is 401 g/mol. The lowest BCUT2D eigenvalue weighted by molar-refractivity contribution is -0.0685. The number of hydrogen-bond donors (Lipinski definition) is 1. The summed E-state index contributed by atoms with van der Waals surface area (Å²) in [6.07, 6.45) is -3.26. The number of nitrogen functional groups attached to an aromatic ring is 1. The maximum atomic E-state index is 13.3. The summed E-state index contributed by atoms with van der Waals surface area (Å²) in [6.45, 7) is 7.97. The molecule has 2 N–H and O–H groups in total. The van der Waals surface area contributed by atoms with Crippen molar-refractivity contribution >= 4 is 11.5 Å². The van der Waals surface area contributed by atoms with Crippen LogP contribution in [0.15, 0.2) is 6.07 Å². The van der Waals surface area contributed by atoms with Crippen LogP contribution in [0.3, 0.4) is 0 Å². The van der Waals surface area contributed by atoms with Gasteiger partial charge in [-0.25, -0.2) is 8.78 Å². The van der Waals surface area contributed by atoms with E-state index in [0.29, 0.717) is 18.3 Å². The van der Waals surface area contributed by atoms with Gasteiger partial charge < -0.3 is 20.3 Å². The highest BCUT2D eigenvalue weighted by Gasteiger charge is 2.29. The molecule has 3 rings (SSSR count). The molecule has 2 saturated heterocycles. The van der Waals surface area contributed by atoms with Crippen molar-refractivity contribution in [2.45, 2.75) is 45.0 Å². The summed E-state index contributed by atoms with van der Waals surface area (Å²) < 4.78 is 43.0. The van der Waals surface area contributed by atoms with E-state index >= 15 is 0 Å². The van der Waals surface area contributed by atoms with E-state index in [4.69, 9.17) is 5.73 Å². The fourth-order valence-corrected chi connectivity index (χ4v) is 3.96. The molecule has 158 valence electrons. The van der Waals surface area contributed by atoms with Crippen LogP contribution in [0.1, 0.15) is 25.3 Å². The minimum absolute atomic E-state index is 0.0798. The molecule has 0 amide bonds. The number of nitrogens with zero attached hydrogens (tertiary/aromatic N) is 4. The number of aryl methyl sites for hydroxylation is 1. The summed E-state index contributed by atoms with van der Waals surface area (Å²) in [4.78, 5) is 11.4. The fraction of sp³-hybridized carbons (Fsp3) is 0.737. The molecule has 1 aromatic rings. The average Bonchev–Trinajstić information content (AvgIpc) is 2.69.